The van der Waals surface area contributed by atoms with Crippen LogP contribution in [0.3, 0.4) is 0 Å². The molecule has 0 atom stereocenters. The molecule has 0 fully saturated rings. The Morgan fingerprint density at radius 1 is 1.00 bits per heavy atom. The maximum atomic E-state index is 12.5. The first kappa shape index (κ1) is 14.0. The summed E-state index contributed by atoms with van der Waals surface area (Å²) >= 11 is 0. The molecule has 20 heavy (non-hydrogen) atoms. The number of hydrogen-bond donors (Lipinski definition) is 1. The van der Waals surface area contributed by atoms with E-state index >= 15 is 0 Å². The molecular weight excluding hydrogens is 252 g/mol. The first-order valence-electron chi connectivity index (χ1n) is 6.37. The summed E-state index contributed by atoms with van der Waals surface area (Å²) in [6.07, 6.45) is 0. The van der Waals surface area contributed by atoms with Gasteiger partial charge in [-0.05, 0) is 38.0 Å². The lowest BCUT2D eigenvalue weighted by atomic mass is 9.90. The van der Waals surface area contributed by atoms with E-state index in [1.165, 1.54) is 13.0 Å². The summed E-state index contributed by atoms with van der Waals surface area (Å²) in [4.78, 5) is 24.4. The minimum atomic E-state index is -0.255. The molecular formula is C17H16O3. The van der Waals surface area contributed by atoms with Gasteiger partial charge in [0, 0.05) is 16.7 Å². The van der Waals surface area contributed by atoms with E-state index in [0.717, 1.165) is 0 Å². The normalized spacial score (nSPS) is 10.3. The molecule has 0 unspecified atom stereocenters. The number of carbonyl (C=O) groups is 2. The zero-order chi connectivity index (χ0) is 14.9. The van der Waals surface area contributed by atoms with Gasteiger partial charge in [-0.1, -0.05) is 30.3 Å². The highest BCUT2D eigenvalue weighted by atomic mass is 16.3. The second-order valence-corrected chi connectivity index (χ2v) is 4.82. The van der Waals surface area contributed by atoms with Crippen molar-refractivity contribution in [1.82, 2.24) is 0 Å². The third-order valence-electron chi connectivity index (χ3n) is 3.50. The molecule has 0 aliphatic carbocycles. The second kappa shape index (κ2) is 5.29. The average Bonchev–Trinajstić information content (AvgIpc) is 2.44. The third-order valence-corrected chi connectivity index (χ3v) is 3.50. The zero-order valence-corrected chi connectivity index (χ0v) is 11.7. The van der Waals surface area contributed by atoms with Gasteiger partial charge in [0.05, 0.1) is 0 Å². The number of aromatic hydroxyl groups is 1. The summed E-state index contributed by atoms with van der Waals surface area (Å²) in [5.41, 5.74) is 2.41. The predicted molar refractivity (Wildman–Crippen MR) is 77.5 cm³/mol. The van der Waals surface area contributed by atoms with Crippen molar-refractivity contribution >= 4 is 11.6 Å². The van der Waals surface area contributed by atoms with Gasteiger partial charge in [-0.3, -0.25) is 9.59 Å². The van der Waals surface area contributed by atoms with E-state index in [1.54, 1.807) is 38.1 Å². The lowest BCUT2D eigenvalue weighted by Crippen LogP contribution is -2.11. The van der Waals surface area contributed by atoms with Gasteiger partial charge in [0.25, 0.3) is 0 Å². The lowest BCUT2D eigenvalue weighted by Gasteiger charge is -2.13. The molecule has 1 N–H and O–H groups in total. The summed E-state index contributed by atoms with van der Waals surface area (Å²) in [6, 6.07) is 10.1. The van der Waals surface area contributed by atoms with Crippen LogP contribution < -0.4 is 0 Å². The van der Waals surface area contributed by atoms with E-state index in [0.29, 0.717) is 22.3 Å². The van der Waals surface area contributed by atoms with Crippen molar-refractivity contribution in [2.45, 2.75) is 20.8 Å². The van der Waals surface area contributed by atoms with E-state index in [-0.39, 0.29) is 22.9 Å². The number of rotatable bonds is 3. The fourth-order valence-electron chi connectivity index (χ4n) is 2.28. The molecule has 0 heterocycles. The smallest absolute Gasteiger partial charge is 0.193 e. The largest absolute Gasteiger partial charge is 0.508 e. The van der Waals surface area contributed by atoms with Crippen LogP contribution in [0.1, 0.15) is 44.3 Å². The molecule has 2 aromatic rings. The van der Waals surface area contributed by atoms with Crippen LogP contribution in [0.25, 0.3) is 0 Å². The molecule has 0 bridgehead atoms. The van der Waals surface area contributed by atoms with Gasteiger partial charge >= 0.3 is 0 Å². The predicted octanol–water partition coefficient (Wildman–Crippen LogP) is 3.44. The Labute approximate surface area is 117 Å². The highest BCUT2D eigenvalue weighted by Crippen LogP contribution is 2.28. The fraction of sp³-hybridized carbons (Fsp3) is 0.176. The van der Waals surface area contributed by atoms with E-state index in [1.807, 2.05) is 6.07 Å². The van der Waals surface area contributed by atoms with E-state index in [2.05, 4.69) is 0 Å². The van der Waals surface area contributed by atoms with Crippen molar-refractivity contribution in [1.29, 1.82) is 0 Å². The molecule has 0 amide bonds. The van der Waals surface area contributed by atoms with E-state index in [4.69, 9.17) is 0 Å². The topological polar surface area (TPSA) is 54.4 Å². The number of carbonyl (C=O) groups excluding carboxylic acids is 2. The summed E-state index contributed by atoms with van der Waals surface area (Å²) < 4.78 is 0. The Morgan fingerprint density at radius 3 is 2.15 bits per heavy atom. The van der Waals surface area contributed by atoms with Crippen LogP contribution in [0.2, 0.25) is 0 Å². The quantitative estimate of drug-likeness (QED) is 0.867. The van der Waals surface area contributed by atoms with Crippen LogP contribution in [0, 0.1) is 13.8 Å². The highest BCUT2D eigenvalue weighted by molar-refractivity contribution is 6.16. The molecule has 3 heteroatoms. The van der Waals surface area contributed by atoms with Gasteiger partial charge in [0.2, 0.25) is 0 Å². The highest BCUT2D eigenvalue weighted by Gasteiger charge is 2.21. The molecule has 0 spiro atoms. The van der Waals surface area contributed by atoms with E-state index in [9.17, 15) is 14.7 Å². The van der Waals surface area contributed by atoms with Crippen molar-refractivity contribution in [2.24, 2.45) is 0 Å². The molecule has 0 radical (unpaired) electrons. The molecule has 102 valence electrons. The molecule has 3 nitrogen and oxygen atoms in total. The maximum absolute atomic E-state index is 12.5. The second-order valence-electron chi connectivity index (χ2n) is 4.82. The van der Waals surface area contributed by atoms with Crippen LogP contribution in [-0.4, -0.2) is 16.7 Å². The number of phenolic OH excluding ortho intramolecular Hbond substituents is 1. The maximum Gasteiger partial charge on any atom is 0.193 e. The lowest BCUT2D eigenvalue weighted by molar-refractivity contribution is 0.0989. The average molecular weight is 268 g/mol. The minimum Gasteiger partial charge on any atom is -0.508 e. The van der Waals surface area contributed by atoms with Gasteiger partial charge in [-0.25, -0.2) is 0 Å². The Bertz CT molecular complexity index is 685. The fourth-order valence-corrected chi connectivity index (χ4v) is 2.28. The van der Waals surface area contributed by atoms with Gasteiger partial charge in [-0.15, -0.1) is 0 Å². The van der Waals surface area contributed by atoms with E-state index < -0.39 is 0 Å². The summed E-state index contributed by atoms with van der Waals surface area (Å²) in [5, 5.41) is 9.92. The minimum absolute atomic E-state index is 0.0341. The first-order chi connectivity index (χ1) is 9.43. The Balaban J connectivity index is 2.68. The Hall–Kier alpha value is -2.42. The molecule has 0 aliphatic heterocycles. The third kappa shape index (κ3) is 2.35. The zero-order valence-electron chi connectivity index (χ0n) is 11.7. The number of benzene rings is 2. The molecule has 2 aromatic carbocycles. The number of Topliss-reactive ketones (excluding diaryl/α,β-unsaturated/α-hetero) is 1. The Morgan fingerprint density at radius 2 is 1.60 bits per heavy atom. The van der Waals surface area contributed by atoms with Gasteiger partial charge in [0.1, 0.15) is 5.75 Å². The van der Waals surface area contributed by atoms with Gasteiger partial charge in [-0.2, -0.15) is 0 Å². The summed E-state index contributed by atoms with van der Waals surface area (Å²) in [5.74, 6) is -0.397. The standard InChI is InChI=1S/C17H16O3/c1-10-11(2)16(12(3)18)14(9-15(10)19)17(20)13-7-5-4-6-8-13/h4-9,19H,1-3H3. The molecule has 0 saturated carbocycles. The molecule has 0 aromatic heterocycles. The van der Waals surface area contributed by atoms with Crippen molar-refractivity contribution in [3.63, 3.8) is 0 Å². The summed E-state index contributed by atoms with van der Waals surface area (Å²) in [7, 11) is 0. The molecule has 0 aliphatic rings. The van der Waals surface area contributed by atoms with Crippen LogP contribution >= 0.6 is 0 Å². The van der Waals surface area contributed by atoms with Gasteiger partial charge < -0.3 is 5.11 Å². The number of ketones is 2. The van der Waals surface area contributed by atoms with Crippen LogP contribution in [0.5, 0.6) is 5.75 Å². The Kier molecular flexibility index (Phi) is 3.70. The summed E-state index contributed by atoms with van der Waals surface area (Å²) in [6.45, 7) is 4.90. The number of hydrogen-bond acceptors (Lipinski definition) is 3. The van der Waals surface area contributed by atoms with Crippen molar-refractivity contribution in [3.05, 3.63) is 64.2 Å². The van der Waals surface area contributed by atoms with Crippen LogP contribution in [0.15, 0.2) is 36.4 Å². The van der Waals surface area contributed by atoms with Crippen LogP contribution in [0.4, 0.5) is 0 Å². The van der Waals surface area contributed by atoms with Gasteiger partial charge in [0.15, 0.2) is 11.6 Å². The number of phenols is 1. The molecule has 0 saturated heterocycles. The van der Waals surface area contributed by atoms with Crippen molar-refractivity contribution in [2.75, 3.05) is 0 Å². The van der Waals surface area contributed by atoms with Crippen molar-refractivity contribution < 1.29 is 14.7 Å². The SMILES string of the molecule is CC(=O)c1c(C(=O)c2ccccc2)cc(O)c(C)c1C. The van der Waals surface area contributed by atoms with Crippen molar-refractivity contribution in [3.8, 4) is 5.75 Å². The van der Waals surface area contributed by atoms with Crippen LogP contribution in [-0.2, 0) is 0 Å². The monoisotopic (exact) mass is 268 g/mol. The molecule has 2 rings (SSSR count). The first-order valence-corrected chi connectivity index (χ1v) is 6.37.